The minimum atomic E-state index is -0.00797. The second-order valence-corrected chi connectivity index (χ2v) is 4.69. The number of carbonyl (C=O) groups excluding carboxylic acids is 1. The molecule has 100 valence electrons. The number of likely N-dealkylation sites (N-methyl/N-ethyl adjacent to an activating group) is 1. The van der Waals surface area contributed by atoms with Crippen molar-refractivity contribution in [3.05, 3.63) is 41.7 Å². The zero-order valence-corrected chi connectivity index (χ0v) is 11.6. The lowest BCUT2D eigenvalue weighted by atomic mass is 10.2. The first kappa shape index (κ1) is 13.4. The van der Waals surface area contributed by atoms with Gasteiger partial charge in [0.05, 0.1) is 17.9 Å². The summed E-state index contributed by atoms with van der Waals surface area (Å²) in [7, 11) is 3.44. The molecule has 19 heavy (non-hydrogen) atoms. The van der Waals surface area contributed by atoms with Crippen molar-refractivity contribution in [1.29, 1.82) is 0 Å². The highest BCUT2D eigenvalue weighted by Crippen LogP contribution is 2.23. The van der Waals surface area contributed by atoms with Crippen LogP contribution in [0.15, 0.2) is 36.7 Å². The molecule has 1 N–H and O–H groups in total. The highest BCUT2D eigenvalue weighted by Gasteiger charge is 2.08. The van der Waals surface area contributed by atoms with E-state index in [1.807, 2.05) is 18.3 Å². The first-order valence-corrected chi connectivity index (χ1v) is 6.19. The van der Waals surface area contributed by atoms with Gasteiger partial charge in [-0.15, -0.1) is 0 Å². The maximum absolute atomic E-state index is 11.6. The van der Waals surface area contributed by atoms with Crippen LogP contribution in [0.2, 0.25) is 5.02 Å². The molecule has 0 atom stereocenters. The molecule has 0 saturated carbocycles. The first-order chi connectivity index (χ1) is 9.08. The van der Waals surface area contributed by atoms with Gasteiger partial charge < -0.3 is 10.2 Å². The van der Waals surface area contributed by atoms with Gasteiger partial charge in [0.1, 0.15) is 0 Å². The molecule has 0 saturated heterocycles. The van der Waals surface area contributed by atoms with Crippen LogP contribution < -0.4 is 5.32 Å². The van der Waals surface area contributed by atoms with E-state index in [-0.39, 0.29) is 12.5 Å². The number of hydrogen-bond donors (Lipinski definition) is 1. The summed E-state index contributed by atoms with van der Waals surface area (Å²) in [6.45, 7) is 0.210. The molecule has 0 aliphatic heterocycles. The molecule has 1 aromatic carbocycles. The van der Waals surface area contributed by atoms with Crippen LogP contribution >= 0.6 is 11.6 Å². The van der Waals surface area contributed by atoms with Gasteiger partial charge >= 0.3 is 0 Å². The summed E-state index contributed by atoms with van der Waals surface area (Å²) < 4.78 is 1.72. The second kappa shape index (κ2) is 5.75. The zero-order valence-electron chi connectivity index (χ0n) is 10.8. The molecule has 2 aromatic rings. The van der Waals surface area contributed by atoms with Gasteiger partial charge in [0.25, 0.3) is 0 Å². The Balaban J connectivity index is 2.23. The third-order valence-corrected chi connectivity index (χ3v) is 2.87. The van der Waals surface area contributed by atoms with Crippen LogP contribution in [0.3, 0.4) is 0 Å². The average molecular weight is 279 g/mol. The lowest BCUT2D eigenvalue weighted by molar-refractivity contribution is -0.126. The Bertz CT molecular complexity index is 566. The summed E-state index contributed by atoms with van der Waals surface area (Å²) in [5.41, 5.74) is 1.62. The van der Waals surface area contributed by atoms with Gasteiger partial charge in [0, 0.05) is 31.5 Å². The van der Waals surface area contributed by atoms with E-state index in [9.17, 15) is 4.79 Å². The van der Waals surface area contributed by atoms with E-state index in [0.717, 1.165) is 11.4 Å². The monoisotopic (exact) mass is 278 g/mol. The van der Waals surface area contributed by atoms with Crippen LogP contribution in [0.4, 0.5) is 5.69 Å². The van der Waals surface area contributed by atoms with E-state index in [0.29, 0.717) is 5.02 Å². The maximum Gasteiger partial charge on any atom is 0.241 e. The van der Waals surface area contributed by atoms with E-state index in [1.54, 1.807) is 37.1 Å². The van der Waals surface area contributed by atoms with Crippen LogP contribution in [-0.2, 0) is 4.79 Å². The molecule has 0 unspecified atom stereocenters. The van der Waals surface area contributed by atoms with E-state index in [1.165, 1.54) is 4.90 Å². The van der Waals surface area contributed by atoms with Gasteiger partial charge in [0.2, 0.25) is 5.91 Å². The van der Waals surface area contributed by atoms with Gasteiger partial charge in [-0.25, -0.2) is 4.68 Å². The van der Waals surface area contributed by atoms with Crippen molar-refractivity contribution in [1.82, 2.24) is 14.7 Å². The Morgan fingerprint density at radius 1 is 1.47 bits per heavy atom. The normalized spacial score (nSPS) is 10.3. The van der Waals surface area contributed by atoms with Gasteiger partial charge in [-0.05, 0) is 24.3 Å². The van der Waals surface area contributed by atoms with E-state index < -0.39 is 0 Å². The fourth-order valence-corrected chi connectivity index (χ4v) is 1.76. The molecule has 2 rings (SSSR count). The minimum absolute atomic E-state index is 0.00797. The largest absolute Gasteiger partial charge is 0.374 e. The fourth-order valence-electron chi connectivity index (χ4n) is 1.59. The third-order valence-electron chi connectivity index (χ3n) is 2.64. The van der Waals surface area contributed by atoms with Crippen molar-refractivity contribution < 1.29 is 4.79 Å². The van der Waals surface area contributed by atoms with Crippen LogP contribution in [0.25, 0.3) is 5.69 Å². The number of carbonyl (C=O) groups is 1. The molecule has 1 aromatic heterocycles. The summed E-state index contributed by atoms with van der Waals surface area (Å²) in [4.78, 5) is 13.1. The fraction of sp³-hybridized carbons (Fsp3) is 0.231. The SMILES string of the molecule is CN(C)C(=O)CNc1cc(Cl)ccc1-n1cccn1. The Morgan fingerprint density at radius 2 is 2.26 bits per heavy atom. The van der Waals surface area contributed by atoms with E-state index >= 15 is 0 Å². The Morgan fingerprint density at radius 3 is 2.89 bits per heavy atom. The average Bonchev–Trinajstić information content (AvgIpc) is 2.89. The maximum atomic E-state index is 11.6. The highest BCUT2D eigenvalue weighted by molar-refractivity contribution is 6.31. The Kier molecular flexibility index (Phi) is 4.06. The first-order valence-electron chi connectivity index (χ1n) is 5.81. The molecule has 0 fully saturated rings. The number of hydrogen-bond acceptors (Lipinski definition) is 3. The highest BCUT2D eigenvalue weighted by atomic mass is 35.5. The predicted molar refractivity (Wildman–Crippen MR) is 75.8 cm³/mol. The summed E-state index contributed by atoms with van der Waals surface area (Å²) >= 11 is 5.99. The van der Waals surface area contributed by atoms with Crippen LogP contribution in [-0.4, -0.2) is 41.2 Å². The summed E-state index contributed by atoms with van der Waals surface area (Å²) in [5.74, 6) is -0.00797. The molecule has 5 nitrogen and oxygen atoms in total. The number of aromatic nitrogens is 2. The second-order valence-electron chi connectivity index (χ2n) is 4.25. The van der Waals surface area contributed by atoms with Crippen molar-refractivity contribution in [2.75, 3.05) is 26.0 Å². The topological polar surface area (TPSA) is 50.2 Å². The standard InChI is InChI=1S/C13H15ClN4O/c1-17(2)13(19)9-15-11-8-10(14)4-5-12(11)18-7-3-6-16-18/h3-8,15H,9H2,1-2H3. The summed E-state index contributed by atoms with van der Waals surface area (Å²) in [6.07, 6.45) is 3.53. The van der Waals surface area contributed by atoms with Crippen LogP contribution in [0.1, 0.15) is 0 Å². The van der Waals surface area contributed by atoms with Gasteiger partial charge in [0.15, 0.2) is 0 Å². The van der Waals surface area contributed by atoms with Crippen molar-refractivity contribution in [2.24, 2.45) is 0 Å². The summed E-state index contributed by atoms with van der Waals surface area (Å²) in [6, 6.07) is 7.26. The number of amides is 1. The van der Waals surface area contributed by atoms with Crippen LogP contribution in [0.5, 0.6) is 0 Å². The lowest BCUT2D eigenvalue weighted by Gasteiger charge is -2.14. The number of nitrogens with zero attached hydrogens (tertiary/aromatic N) is 3. The number of benzene rings is 1. The van der Waals surface area contributed by atoms with Crippen molar-refractivity contribution >= 4 is 23.2 Å². The van der Waals surface area contributed by atoms with Gasteiger partial charge in [-0.1, -0.05) is 11.6 Å². The molecule has 1 heterocycles. The lowest BCUT2D eigenvalue weighted by Crippen LogP contribution is -2.28. The van der Waals surface area contributed by atoms with Crippen molar-refractivity contribution in [2.45, 2.75) is 0 Å². The molecule has 6 heteroatoms. The van der Waals surface area contributed by atoms with Gasteiger partial charge in [-0.2, -0.15) is 5.10 Å². The van der Waals surface area contributed by atoms with E-state index in [4.69, 9.17) is 11.6 Å². The smallest absolute Gasteiger partial charge is 0.241 e. The number of nitrogens with one attached hydrogen (secondary N) is 1. The Hall–Kier alpha value is -2.01. The Labute approximate surface area is 116 Å². The van der Waals surface area contributed by atoms with Gasteiger partial charge in [-0.3, -0.25) is 4.79 Å². The molecule has 0 aliphatic carbocycles. The third kappa shape index (κ3) is 3.26. The number of anilines is 1. The zero-order chi connectivity index (χ0) is 13.8. The van der Waals surface area contributed by atoms with Crippen LogP contribution in [0, 0.1) is 0 Å². The number of rotatable bonds is 4. The molecule has 0 bridgehead atoms. The number of halogens is 1. The molecular weight excluding hydrogens is 264 g/mol. The molecule has 0 aliphatic rings. The minimum Gasteiger partial charge on any atom is -0.374 e. The van der Waals surface area contributed by atoms with E-state index in [2.05, 4.69) is 10.4 Å². The molecule has 1 amide bonds. The molecule has 0 radical (unpaired) electrons. The summed E-state index contributed by atoms with van der Waals surface area (Å²) in [5, 5.41) is 7.87. The van der Waals surface area contributed by atoms with Crippen molar-refractivity contribution in [3.63, 3.8) is 0 Å². The van der Waals surface area contributed by atoms with Crippen molar-refractivity contribution in [3.8, 4) is 5.69 Å². The quantitative estimate of drug-likeness (QED) is 0.931. The molecule has 0 spiro atoms. The molecular formula is C13H15ClN4O. The predicted octanol–water partition coefficient (Wildman–Crippen LogP) is 2.03.